The predicted molar refractivity (Wildman–Crippen MR) is 61.7 cm³/mol. The van der Waals surface area contributed by atoms with Crippen LogP contribution in [0.2, 0.25) is 0 Å². The van der Waals surface area contributed by atoms with Crippen molar-refractivity contribution in [1.82, 2.24) is 5.32 Å². The van der Waals surface area contributed by atoms with Crippen LogP contribution in [-0.2, 0) is 0 Å². The summed E-state index contributed by atoms with van der Waals surface area (Å²) in [6.45, 7) is 2.67. The molecule has 4 nitrogen and oxygen atoms in total. The third-order valence-corrected chi connectivity index (χ3v) is 2.13. The van der Waals surface area contributed by atoms with Gasteiger partial charge < -0.3 is 14.8 Å². The first-order valence-electron chi connectivity index (χ1n) is 5.10. The van der Waals surface area contributed by atoms with E-state index in [4.69, 9.17) is 14.7 Å². The van der Waals surface area contributed by atoms with Crippen LogP contribution < -0.4 is 14.8 Å². The number of ether oxygens (including phenoxy) is 2. The molecule has 86 valence electrons. The van der Waals surface area contributed by atoms with Crippen LogP contribution >= 0.6 is 0 Å². The highest BCUT2D eigenvalue weighted by molar-refractivity contribution is 5.47. The largest absolute Gasteiger partial charge is 0.497 e. The number of hydrogen-bond acceptors (Lipinski definition) is 4. The Kier molecular flexibility index (Phi) is 4.62. The van der Waals surface area contributed by atoms with Gasteiger partial charge in [-0.15, -0.1) is 0 Å². The van der Waals surface area contributed by atoms with Crippen molar-refractivity contribution in [2.45, 2.75) is 13.0 Å². The first-order chi connectivity index (χ1) is 7.71. The highest BCUT2D eigenvalue weighted by atomic mass is 16.5. The Bertz CT molecular complexity index is 385. The van der Waals surface area contributed by atoms with Crippen LogP contribution in [-0.4, -0.2) is 26.8 Å². The molecule has 1 aromatic carbocycles. The highest BCUT2D eigenvalue weighted by Crippen LogP contribution is 2.24. The average molecular weight is 220 g/mol. The molecular weight excluding hydrogens is 204 g/mol. The number of nitriles is 1. The van der Waals surface area contributed by atoms with Gasteiger partial charge in [0, 0.05) is 12.6 Å². The van der Waals surface area contributed by atoms with Gasteiger partial charge >= 0.3 is 0 Å². The van der Waals surface area contributed by atoms with E-state index in [0.29, 0.717) is 17.1 Å². The molecule has 0 aliphatic heterocycles. The zero-order valence-corrected chi connectivity index (χ0v) is 9.78. The molecule has 4 heteroatoms. The molecule has 1 atom stereocenters. The SMILES string of the molecule is CNCC(C)Oc1cc(OC)ccc1C#N. The summed E-state index contributed by atoms with van der Waals surface area (Å²) >= 11 is 0. The van der Waals surface area contributed by atoms with Gasteiger partial charge in [-0.25, -0.2) is 0 Å². The first kappa shape index (κ1) is 12.3. The van der Waals surface area contributed by atoms with Crippen LogP contribution in [0.15, 0.2) is 18.2 Å². The topological polar surface area (TPSA) is 54.3 Å². The summed E-state index contributed by atoms with van der Waals surface area (Å²) in [5.74, 6) is 1.25. The molecule has 0 saturated carbocycles. The fraction of sp³-hybridized carbons (Fsp3) is 0.417. The molecule has 0 spiro atoms. The lowest BCUT2D eigenvalue weighted by molar-refractivity contribution is 0.219. The maximum absolute atomic E-state index is 8.94. The molecule has 0 bridgehead atoms. The fourth-order valence-corrected chi connectivity index (χ4v) is 1.37. The van der Waals surface area contributed by atoms with E-state index in [1.165, 1.54) is 0 Å². The number of methoxy groups -OCH3 is 1. The van der Waals surface area contributed by atoms with Gasteiger partial charge in [-0.1, -0.05) is 0 Å². The number of nitrogens with one attached hydrogen (secondary N) is 1. The molecule has 0 aromatic heterocycles. The van der Waals surface area contributed by atoms with Crippen molar-refractivity contribution in [3.05, 3.63) is 23.8 Å². The molecule has 0 saturated heterocycles. The second kappa shape index (κ2) is 5.99. The van der Waals surface area contributed by atoms with Gasteiger partial charge in [-0.05, 0) is 26.1 Å². The van der Waals surface area contributed by atoms with Crippen LogP contribution in [0, 0.1) is 11.3 Å². The molecule has 0 aliphatic rings. The Labute approximate surface area is 95.8 Å². The van der Waals surface area contributed by atoms with Crippen LogP contribution in [0.25, 0.3) is 0 Å². The van der Waals surface area contributed by atoms with Gasteiger partial charge in [0.2, 0.25) is 0 Å². The summed E-state index contributed by atoms with van der Waals surface area (Å²) in [7, 11) is 3.44. The third-order valence-electron chi connectivity index (χ3n) is 2.13. The molecule has 1 rings (SSSR count). The zero-order valence-electron chi connectivity index (χ0n) is 9.78. The van der Waals surface area contributed by atoms with Gasteiger partial charge in [-0.3, -0.25) is 0 Å². The third kappa shape index (κ3) is 3.14. The Hall–Kier alpha value is -1.73. The fourth-order valence-electron chi connectivity index (χ4n) is 1.37. The molecule has 0 fully saturated rings. The molecule has 1 N–H and O–H groups in total. The van der Waals surface area contributed by atoms with Crippen molar-refractivity contribution in [1.29, 1.82) is 5.26 Å². The van der Waals surface area contributed by atoms with Crippen LogP contribution in [0.4, 0.5) is 0 Å². The van der Waals surface area contributed by atoms with Crippen molar-refractivity contribution < 1.29 is 9.47 Å². The second-order valence-electron chi connectivity index (χ2n) is 3.46. The molecule has 0 amide bonds. The first-order valence-corrected chi connectivity index (χ1v) is 5.10. The Morgan fingerprint density at radius 3 is 2.81 bits per heavy atom. The highest BCUT2D eigenvalue weighted by Gasteiger charge is 2.09. The van der Waals surface area contributed by atoms with Gasteiger partial charge in [0.1, 0.15) is 23.7 Å². The summed E-state index contributed by atoms with van der Waals surface area (Å²) in [5.41, 5.74) is 0.517. The summed E-state index contributed by atoms with van der Waals surface area (Å²) in [4.78, 5) is 0. The lowest BCUT2D eigenvalue weighted by atomic mass is 10.2. The minimum atomic E-state index is 0.00389. The van der Waals surface area contributed by atoms with E-state index in [9.17, 15) is 0 Å². The Morgan fingerprint density at radius 2 is 2.25 bits per heavy atom. The lowest BCUT2D eigenvalue weighted by Crippen LogP contribution is -2.26. The van der Waals surface area contributed by atoms with Crippen LogP contribution in [0.1, 0.15) is 12.5 Å². The Morgan fingerprint density at radius 1 is 1.50 bits per heavy atom. The monoisotopic (exact) mass is 220 g/mol. The van der Waals surface area contributed by atoms with Gasteiger partial charge in [-0.2, -0.15) is 5.26 Å². The number of likely N-dealkylation sites (N-methyl/N-ethyl adjacent to an activating group) is 1. The molecule has 1 unspecified atom stereocenters. The van der Waals surface area contributed by atoms with E-state index >= 15 is 0 Å². The number of nitrogens with zero attached hydrogens (tertiary/aromatic N) is 1. The normalized spacial score (nSPS) is 11.6. The number of benzene rings is 1. The lowest BCUT2D eigenvalue weighted by Gasteiger charge is -2.15. The quantitative estimate of drug-likeness (QED) is 0.818. The molecule has 0 aliphatic carbocycles. The molecule has 16 heavy (non-hydrogen) atoms. The number of rotatable bonds is 5. The molecule has 0 heterocycles. The number of hydrogen-bond donors (Lipinski definition) is 1. The minimum Gasteiger partial charge on any atom is -0.497 e. The van der Waals surface area contributed by atoms with E-state index in [2.05, 4.69) is 11.4 Å². The second-order valence-corrected chi connectivity index (χ2v) is 3.46. The summed E-state index contributed by atoms with van der Waals surface area (Å²) in [6.07, 6.45) is 0.00389. The molecular formula is C12H16N2O2. The van der Waals surface area contributed by atoms with Gasteiger partial charge in [0.15, 0.2) is 0 Å². The van der Waals surface area contributed by atoms with E-state index in [1.54, 1.807) is 25.3 Å². The summed E-state index contributed by atoms with van der Waals surface area (Å²) < 4.78 is 10.7. The molecule has 1 aromatic rings. The maximum Gasteiger partial charge on any atom is 0.141 e. The zero-order chi connectivity index (χ0) is 12.0. The Balaban J connectivity index is 2.88. The van der Waals surface area contributed by atoms with E-state index in [-0.39, 0.29) is 6.10 Å². The summed E-state index contributed by atoms with van der Waals surface area (Å²) in [5, 5.41) is 12.0. The van der Waals surface area contributed by atoms with Crippen LogP contribution in [0.3, 0.4) is 0 Å². The van der Waals surface area contributed by atoms with E-state index in [0.717, 1.165) is 6.54 Å². The minimum absolute atomic E-state index is 0.00389. The van der Waals surface area contributed by atoms with Gasteiger partial charge in [0.05, 0.1) is 12.7 Å². The average Bonchev–Trinajstić information content (AvgIpc) is 2.29. The van der Waals surface area contributed by atoms with Gasteiger partial charge in [0.25, 0.3) is 0 Å². The predicted octanol–water partition coefficient (Wildman–Crippen LogP) is 1.55. The van der Waals surface area contributed by atoms with E-state index < -0.39 is 0 Å². The van der Waals surface area contributed by atoms with Crippen molar-refractivity contribution in [3.63, 3.8) is 0 Å². The standard InChI is InChI=1S/C12H16N2O2/c1-9(8-14-2)16-12-6-11(15-3)5-4-10(12)7-13/h4-6,9,14H,8H2,1-3H3. The van der Waals surface area contributed by atoms with Crippen molar-refractivity contribution in [3.8, 4) is 17.6 Å². The van der Waals surface area contributed by atoms with Crippen molar-refractivity contribution in [2.75, 3.05) is 20.7 Å². The molecule has 0 radical (unpaired) electrons. The van der Waals surface area contributed by atoms with Crippen molar-refractivity contribution in [2.24, 2.45) is 0 Å². The maximum atomic E-state index is 8.94. The van der Waals surface area contributed by atoms with E-state index in [1.807, 2.05) is 14.0 Å². The van der Waals surface area contributed by atoms with Crippen LogP contribution in [0.5, 0.6) is 11.5 Å². The smallest absolute Gasteiger partial charge is 0.141 e. The van der Waals surface area contributed by atoms with Crippen molar-refractivity contribution >= 4 is 0 Å². The summed E-state index contributed by atoms with van der Waals surface area (Å²) in [6, 6.07) is 7.26.